The number of nitrogens with zero attached hydrogens (tertiary/aromatic N) is 4. The number of aromatic nitrogens is 4. The first-order valence-electron chi connectivity index (χ1n) is 39.3. The first kappa shape index (κ1) is 65.3. The Morgan fingerprint density at radius 1 is 0.167 bits per heavy atom. The number of para-hydroxylation sites is 4. The van der Waals surface area contributed by atoms with Gasteiger partial charge in [-0.15, -0.1) is 11.3 Å². The molecule has 4 nitrogen and oxygen atoms in total. The second-order valence-electron chi connectivity index (χ2n) is 30.2. The van der Waals surface area contributed by atoms with Gasteiger partial charge in [0, 0.05) is 86.0 Å². The lowest BCUT2D eigenvalue weighted by Gasteiger charge is -2.34. The minimum absolute atomic E-state index is 0.482. The third kappa shape index (κ3) is 10.2. The van der Waals surface area contributed by atoms with Gasteiger partial charge < -0.3 is 18.3 Å². The van der Waals surface area contributed by atoms with E-state index in [2.05, 4.69) is 443 Å². The molecule has 0 bridgehead atoms. The summed E-state index contributed by atoms with van der Waals surface area (Å²) in [5, 5.41) is 12.7. The molecule has 24 rings (SSSR count). The minimum atomic E-state index is -0.482. The fourth-order valence-electron chi connectivity index (χ4n) is 19.0. The molecule has 5 aromatic heterocycles. The monoisotopic (exact) mass is 1470 g/mol. The molecule has 0 fully saturated rings. The van der Waals surface area contributed by atoms with Crippen molar-refractivity contribution in [2.75, 3.05) is 0 Å². The van der Waals surface area contributed by atoms with Crippen molar-refractivity contribution in [2.24, 2.45) is 0 Å². The van der Waals surface area contributed by atoms with Gasteiger partial charge in [-0.05, 0) is 187 Å². The molecule has 0 N–H and O–H groups in total. The van der Waals surface area contributed by atoms with Crippen LogP contribution < -0.4 is 0 Å². The Kier molecular flexibility index (Phi) is 15.1. The van der Waals surface area contributed by atoms with Crippen LogP contribution in [0, 0.1) is 0 Å². The van der Waals surface area contributed by atoms with Gasteiger partial charge in [-0.3, -0.25) is 0 Å². The lowest BCUT2D eigenvalue weighted by Crippen LogP contribution is -2.28. The Morgan fingerprint density at radius 3 is 0.904 bits per heavy atom. The van der Waals surface area contributed by atoms with E-state index in [0.29, 0.717) is 0 Å². The molecule has 23 aromatic rings. The predicted octanol–water partition coefficient (Wildman–Crippen LogP) is 29.2. The Hall–Kier alpha value is -14.6. The van der Waals surface area contributed by atoms with Crippen molar-refractivity contribution >= 4 is 119 Å². The molecule has 0 radical (unpaired) electrons. The van der Waals surface area contributed by atoms with Crippen molar-refractivity contribution in [2.45, 2.75) is 5.41 Å². The molecular weight excluding hydrogens is 1400 g/mol. The van der Waals surface area contributed by atoms with Crippen LogP contribution in [0.25, 0.3) is 186 Å². The average Bonchev–Trinajstić information content (AvgIpc) is 1.53. The summed E-state index contributed by atoms with van der Waals surface area (Å²) in [7, 11) is 0. The van der Waals surface area contributed by atoms with Gasteiger partial charge in [-0.1, -0.05) is 315 Å². The molecular formula is C109H70N4S. The third-order valence-electron chi connectivity index (χ3n) is 24.1. The molecule has 1 aliphatic rings. The van der Waals surface area contributed by atoms with E-state index in [-0.39, 0.29) is 0 Å². The van der Waals surface area contributed by atoms with Gasteiger partial charge in [0.25, 0.3) is 0 Å². The van der Waals surface area contributed by atoms with Crippen molar-refractivity contribution in [1.29, 1.82) is 0 Å². The smallest absolute Gasteiger partial charge is 0.0714 e. The molecule has 5 heterocycles. The van der Waals surface area contributed by atoms with Crippen LogP contribution >= 0.6 is 11.3 Å². The van der Waals surface area contributed by atoms with E-state index in [1.165, 1.54) is 191 Å². The van der Waals surface area contributed by atoms with Crippen molar-refractivity contribution in [3.05, 3.63) is 447 Å². The van der Waals surface area contributed by atoms with Crippen LogP contribution in [-0.4, -0.2) is 18.3 Å². The third-order valence-corrected chi connectivity index (χ3v) is 25.3. The minimum Gasteiger partial charge on any atom is -0.309 e. The molecule has 0 saturated heterocycles. The normalized spacial score (nSPS) is 12.5. The van der Waals surface area contributed by atoms with E-state index in [9.17, 15) is 0 Å². The summed E-state index contributed by atoms with van der Waals surface area (Å²) in [6, 6.07) is 156. The molecule has 532 valence electrons. The second kappa shape index (κ2) is 26.3. The van der Waals surface area contributed by atoms with E-state index in [1.807, 2.05) is 11.3 Å². The van der Waals surface area contributed by atoms with Gasteiger partial charge >= 0.3 is 0 Å². The second-order valence-corrected chi connectivity index (χ2v) is 31.3. The largest absolute Gasteiger partial charge is 0.309 e. The summed E-state index contributed by atoms with van der Waals surface area (Å²) in [4.78, 5) is 0. The van der Waals surface area contributed by atoms with Gasteiger partial charge in [0.05, 0.1) is 49.5 Å². The van der Waals surface area contributed by atoms with E-state index < -0.39 is 5.41 Å². The Morgan fingerprint density at radius 2 is 0.465 bits per heavy atom. The predicted molar refractivity (Wildman–Crippen MR) is 482 cm³/mol. The number of fused-ring (bicyclic) bond motifs is 18. The van der Waals surface area contributed by atoms with Crippen LogP contribution in [-0.2, 0) is 5.41 Å². The molecule has 0 amide bonds. The molecule has 1 aliphatic carbocycles. The van der Waals surface area contributed by atoms with Crippen LogP contribution in [0.1, 0.15) is 22.3 Å². The van der Waals surface area contributed by atoms with Crippen molar-refractivity contribution in [3.8, 4) is 78.4 Å². The van der Waals surface area contributed by atoms with Crippen molar-refractivity contribution < 1.29 is 0 Å². The van der Waals surface area contributed by atoms with Crippen LogP contribution in [0.5, 0.6) is 0 Å². The van der Waals surface area contributed by atoms with E-state index in [4.69, 9.17) is 0 Å². The summed E-state index contributed by atoms with van der Waals surface area (Å²) in [5.41, 5.74) is 31.1. The summed E-state index contributed by atoms with van der Waals surface area (Å²) < 4.78 is 12.4. The molecule has 0 atom stereocenters. The highest BCUT2D eigenvalue weighted by molar-refractivity contribution is 7.25. The fraction of sp³-hybridized carbons (Fsp3) is 0.00917. The van der Waals surface area contributed by atoms with E-state index >= 15 is 0 Å². The number of hydrogen-bond donors (Lipinski definition) is 0. The summed E-state index contributed by atoms with van der Waals surface area (Å²) in [5.74, 6) is 0. The maximum atomic E-state index is 2.49. The van der Waals surface area contributed by atoms with Crippen LogP contribution in [0.4, 0.5) is 0 Å². The Balaban J connectivity index is 0.000000138. The molecule has 5 heteroatoms. The van der Waals surface area contributed by atoms with Gasteiger partial charge in [0.2, 0.25) is 0 Å². The zero-order valence-corrected chi connectivity index (χ0v) is 62.9. The summed E-state index contributed by atoms with van der Waals surface area (Å²) in [6.07, 6.45) is 0. The first-order chi connectivity index (χ1) is 56.5. The number of hydrogen-bond acceptors (Lipinski definition) is 1. The zero-order chi connectivity index (χ0) is 75.0. The van der Waals surface area contributed by atoms with Crippen LogP contribution in [0.3, 0.4) is 0 Å². The highest BCUT2D eigenvalue weighted by atomic mass is 32.1. The highest BCUT2D eigenvalue weighted by Crippen LogP contribution is 2.57. The van der Waals surface area contributed by atoms with Gasteiger partial charge in [-0.25, -0.2) is 0 Å². The summed E-state index contributed by atoms with van der Waals surface area (Å²) >= 11 is 1.86. The standard InChI is InChI=1S/C61H40N2.C48H30N2S/c1-4-16-41(17-5-1)42-28-32-47(33-29-42)62-57-26-14-11-23-51(57)53-35-30-43(38-59(53)62)44-31-36-54-52-24-12-15-27-58(52)63(60(54)39-44)48-34-37-50-49-22-10-13-25-55(49)61(56(50)40-48,45-18-6-2-7-19-45)46-20-8-3-9-21-46;1-2-10-31(11-3-1)32-18-22-35(23-19-32)49-43-15-7-4-12-37(43)39-25-20-33(28-45(39)49)34-21-26-40-38-13-5-8-16-44(38)50(46(40)29-34)36-24-27-48-42(30-36)41-14-6-9-17-47(41)51-48/h1-40H;1-30H. The maximum Gasteiger partial charge on any atom is 0.0714 e. The van der Waals surface area contributed by atoms with E-state index in [0.717, 1.165) is 17.1 Å². The van der Waals surface area contributed by atoms with Gasteiger partial charge in [0.1, 0.15) is 0 Å². The van der Waals surface area contributed by atoms with Crippen molar-refractivity contribution in [1.82, 2.24) is 18.3 Å². The fourth-order valence-corrected chi connectivity index (χ4v) is 20.1. The van der Waals surface area contributed by atoms with Crippen LogP contribution in [0.15, 0.2) is 425 Å². The quantitative estimate of drug-likeness (QED) is 0.130. The molecule has 114 heavy (non-hydrogen) atoms. The highest BCUT2D eigenvalue weighted by Gasteiger charge is 2.46. The average molecular weight is 1470 g/mol. The molecule has 0 saturated carbocycles. The SMILES string of the molecule is c1ccc(-c2ccc(-n3c4ccccc4c4ccc(-c5ccc6c7ccccc7n(-c7ccc8c(c7)C(c7ccccc7)(c7ccccc7)c7ccccc7-8)c6c5)cc43)cc2)cc1.c1ccc(-c2ccc(-n3c4ccccc4c4ccc(-c5ccc6c7ccccc7n(-c7ccc8sc9ccccc9c8c7)c6c5)cc43)cc2)cc1. The number of benzene rings is 18. The summed E-state index contributed by atoms with van der Waals surface area (Å²) in [6.45, 7) is 0. The molecule has 0 unspecified atom stereocenters. The lowest BCUT2D eigenvalue weighted by atomic mass is 9.67. The number of thiophene rings is 1. The molecule has 0 spiro atoms. The lowest BCUT2D eigenvalue weighted by molar-refractivity contribution is 0.767. The van der Waals surface area contributed by atoms with Gasteiger partial charge in [-0.2, -0.15) is 0 Å². The van der Waals surface area contributed by atoms with Gasteiger partial charge in [0.15, 0.2) is 0 Å². The van der Waals surface area contributed by atoms with Crippen molar-refractivity contribution in [3.63, 3.8) is 0 Å². The first-order valence-corrected chi connectivity index (χ1v) is 40.1. The zero-order valence-electron chi connectivity index (χ0n) is 62.1. The Labute approximate surface area is 663 Å². The topological polar surface area (TPSA) is 19.7 Å². The number of rotatable bonds is 10. The maximum absolute atomic E-state index is 2.49. The van der Waals surface area contributed by atoms with Crippen LogP contribution in [0.2, 0.25) is 0 Å². The molecule has 18 aromatic carbocycles. The molecule has 0 aliphatic heterocycles. The van der Waals surface area contributed by atoms with E-state index in [1.54, 1.807) is 0 Å². The Bertz CT molecular complexity index is 7710.